The quantitative estimate of drug-likeness (QED) is 0.319. The van der Waals surface area contributed by atoms with Gasteiger partial charge in [0.2, 0.25) is 0 Å². The van der Waals surface area contributed by atoms with Crippen molar-refractivity contribution in [3.63, 3.8) is 0 Å². The molecule has 134 valence electrons. The smallest absolute Gasteiger partial charge is 0.124 e. The van der Waals surface area contributed by atoms with Crippen LogP contribution >= 0.6 is 22.7 Å². The third-order valence-electron chi connectivity index (χ3n) is 4.53. The second-order valence-corrected chi connectivity index (χ2v) is 8.10. The van der Waals surface area contributed by atoms with Gasteiger partial charge in [-0.2, -0.15) is 0 Å². The first kappa shape index (κ1) is 17.0. The highest BCUT2D eigenvalue weighted by atomic mass is 32.1. The molecule has 0 aliphatic carbocycles. The zero-order valence-corrected chi connectivity index (χ0v) is 16.6. The fraction of sp³-hybridized carbons (Fsp3) is 0. The lowest BCUT2D eigenvalue weighted by molar-refractivity contribution is 1.38. The highest BCUT2D eigenvalue weighted by Crippen LogP contribution is 2.32. The van der Waals surface area contributed by atoms with Crippen molar-refractivity contribution < 1.29 is 0 Å². The summed E-state index contributed by atoms with van der Waals surface area (Å²) in [5, 5.41) is 6.33. The van der Waals surface area contributed by atoms with E-state index in [4.69, 9.17) is 9.97 Å². The lowest BCUT2D eigenvalue weighted by atomic mass is 10.1. The molecule has 5 rings (SSSR count). The SMILES string of the molecule is c1ccc(-c2nc(-c3ccc(-c4csc(-c5ccccc5)n4)cc3)cs2)cc1. The summed E-state index contributed by atoms with van der Waals surface area (Å²) in [6.45, 7) is 0. The summed E-state index contributed by atoms with van der Waals surface area (Å²) >= 11 is 3.35. The molecule has 0 saturated heterocycles. The summed E-state index contributed by atoms with van der Waals surface area (Å²) in [5.41, 5.74) is 6.59. The molecular weight excluding hydrogens is 380 g/mol. The number of nitrogens with zero attached hydrogens (tertiary/aromatic N) is 2. The monoisotopic (exact) mass is 396 g/mol. The first-order valence-corrected chi connectivity index (χ1v) is 10.8. The Morgan fingerprint density at radius 1 is 0.429 bits per heavy atom. The minimum absolute atomic E-state index is 1.01. The van der Waals surface area contributed by atoms with Gasteiger partial charge in [0, 0.05) is 33.0 Å². The van der Waals surface area contributed by atoms with Gasteiger partial charge < -0.3 is 0 Å². The fourth-order valence-corrected chi connectivity index (χ4v) is 4.72. The van der Waals surface area contributed by atoms with E-state index in [9.17, 15) is 0 Å². The molecule has 0 N–H and O–H groups in total. The Hall–Kier alpha value is -3.08. The van der Waals surface area contributed by atoms with E-state index in [1.165, 1.54) is 0 Å². The number of thiazole rings is 2. The van der Waals surface area contributed by atoms with E-state index in [0.717, 1.165) is 43.7 Å². The molecule has 0 aliphatic rings. The number of hydrogen-bond acceptors (Lipinski definition) is 4. The molecule has 0 aliphatic heterocycles. The molecule has 0 saturated carbocycles. The van der Waals surface area contributed by atoms with Crippen LogP contribution < -0.4 is 0 Å². The van der Waals surface area contributed by atoms with Gasteiger partial charge >= 0.3 is 0 Å². The molecule has 0 fully saturated rings. The van der Waals surface area contributed by atoms with E-state index in [1.807, 2.05) is 36.4 Å². The van der Waals surface area contributed by atoms with E-state index < -0.39 is 0 Å². The van der Waals surface area contributed by atoms with Crippen LogP contribution in [0.25, 0.3) is 43.7 Å². The van der Waals surface area contributed by atoms with Gasteiger partial charge in [-0.1, -0.05) is 84.9 Å². The molecule has 28 heavy (non-hydrogen) atoms. The van der Waals surface area contributed by atoms with Gasteiger partial charge in [0.05, 0.1) is 11.4 Å². The molecule has 3 aromatic carbocycles. The topological polar surface area (TPSA) is 25.8 Å². The molecule has 0 radical (unpaired) electrons. The van der Waals surface area contributed by atoms with E-state index in [0.29, 0.717) is 0 Å². The van der Waals surface area contributed by atoms with Crippen LogP contribution in [-0.2, 0) is 0 Å². The molecule has 0 atom stereocenters. The summed E-state index contributed by atoms with van der Waals surface area (Å²) < 4.78 is 0. The van der Waals surface area contributed by atoms with Gasteiger partial charge in [-0.05, 0) is 0 Å². The second kappa shape index (κ2) is 7.50. The van der Waals surface area contributed by atoms with E-state index in [-0.39, 0.29) is 0 Å². The highest BCUT2D eigenvalue weighted by Gasteiger charge is 2.09. The molecule has 4 heteroatoms. The maximum Gasteiger partial charge on any atom is 0.124 e. The Morgan fingerprint density at radius 3 is 1.21 bits per heavy atom. The van der Waals surface area contributed by atoms with Gasteiger partial charge in [-0.15, -0.1) is 22.7 Å². The zero-order chi connectivity index (χ0) is 18.8. The van der Waals surface area contributed by atoms with E-state index in [2.05, 4.69) is 59.3 Å². The summed E-state index contributed by atoms with van der Waals surface area (Å²) in [6.07, 6.45) is 0. The molecular formula is C24H16N2S2. The summed E-state index contributed by atoms with van der Waals surface area (Å²) in [5.74, 6) is 0. The Labute approximate surface area is 171 Å². The van der Waals surface area contributed by atoms with Crippen LogP contribution in [0, 0.1) is 0 Å². The van der Waals surface area contributed by atoms with Crippen LogP contribution in [0.4, 0.5) is 0 Å². The predicted molar refractivity (Wildman–Crippen MR) is 120 cm³/mol. The first-order valence-electron chi connectivity index (χ1n) is 8.99. The minimum Gasteiger partial charge on any atom is -0.236 e. The number of benzene rings is 3. The van der Waals surface area contributed by atoms with Gasteiger partial charge in [-0.3, -0.25) is 0 Å². The van der Waals surface area contributed by atoms with Crippen molar-refractivity contribution in [2.24, 2.45) is 0 Å². The van der Waals surface area contributed by atoms with Crippen LogP contribution in [0.1, 0.15) is 0 Å². The Kier molecular flexibility index (Phi) is 4.57. The van der Waals surface area contributed by atoms with Crippen LogP contribution in [-0.4, -0.2) is 9.97 Å². The lowest BCUT2D eigenvalue weighted by Gasteiger charge is -2.00. The van der Waals surface area contributed by atoms with Crippen molar-refractivity contribution in [3.8, 4) is 43.7 Å². The van der Waals surface area contributed by atoms with Crippen LogP contribution in [0.15, 0.2) is 95.7 Å². The molecule has 0 bridgehead atoms. The molecule has 0 unspecified atom stereocenters. The van der Waals surface area contributed by atoms with Gasteiger partial charge in [0.25, 0.3) is 0 Å². The number of aromatic nitrogens is 2. The molecule has 0 amide bonds. The standard InChI is InChI=1S/C24H16N2S2/c1-3-7-19(8-4-1)23-25-21(15-27-23)17-11-13-18(14-12-17)22-16-28-24(26-22)20-9-5-2-6-10-20/h1-16H. The second-order valence-electron chi connectivity index (χ2n) is 6.39. The van der Waals surface area contributed by atoms with Crippen molar-refractivity contribution in [1.82, 2.24) is 9.97 Å². The Balaban J connectivity index is 1.40. The van der Waals surface area contributed by atoms with Crippen molar-refractivity contribution in [3.05, 3.63) is 95.7 Å². The predicted octanol–water partition coefficient (Wildman–Crippen LogP) is 7.27. The maximum absolute atomic E-state index is 4.80. The van der Waals surface area contributed by atoms with Gasteiger partial charge in [0.15, 0.2) is 0 Å². The Morgan fingerprint density at radius 2 is 0.821 bits per heavy atom. The normalized spacial score (nSPS) is 10.9. The third kappa shape index (κ3) is 3.40. The average Bonchev–Trinajstić information content (AvgIpc) is 3.46. The number of rotatable bonds is 4. The van der Waals surface area contributed by atoms with Gasteiger partial charge in [0.1, 0.15) is 10.0 Å². The minimum atomic E-state index is 1.01. The molecule has 0 spiro atoms. The highest BCUT2D eigenvalue weighted by molar-refractivity contribution is 7.13. The zero-order valence-electron chi connectivity index (χ0n) is 14.9. The summed E-state index contributed by atoms with van der Waals surface area (Å²) in [7, 11) is 0. The summed E-state index contributed by atoms with van der Waals surface area (Å²) in [6, 6.07) is 29.1. The van der Waals surface area contributed by atoms with Crippen molar-refractivity contribution in [2.45, 2.75) is 0 Å². The average molecular weight is 397 g/mol. The van der Waals surface area contributed by atoms with Crippen LogP contribution in [0.2, 0.25) is 0 Å². The fourth-order valence-electron chi connectivity index (χ4n) is 3.05. The van der Waals surface area contributed by atoms with Crippen LogP contribution in [0.5, 0.6) is 0 Å². The largest absolute Gasteiger partial charge is 0.236 e. The van der Waals surface area contributed by atoms with Crippen molar-refractivity contribution in [1.29, 1.82) is 0 Å². The van der Waals surface area contributed by atoms with Crippen molar-refractivity contribution >= 4 is 22.7 Å². The van der Waals surface area contributed by atoms with E-state index >= 15 is 0 Å². The number of hydrogen-bond donors (Lipinski definition) is 0. The Bertz CT molecular complexity index is 1090. The summed E-state index contributed by atoms with van der Waals surface area (Å²) in [4.78, 5) is 9.60. The molecule has 2 heterocycles. The third-order valence-corrected chi connectivity index (χ3v) is 6.31. The maximum atomic E-state index is 4.80. The van der Waals surface area contributed by atoms with Crippen LogP contribution in [0.3, 0.4) is 0 Å². The van der Waals surface area contributed by atoms with E-state index in [1.54, 1.807) is 22.7 Å². The van der Waals surface area contributed by atoms with Crippen molar-refractivity contribution in [2.75, 3.05) is 0 Å². The molecule has 2 aromatic heterocycles. The molecule has 5 aromatic rings. The molecule has 2 nitrogen and oxygen atoms in total. The first-order chi connectivity index (χ1) is 13.9. The lowest BCUT2D eigenvalue weighted by Crippen LogP contribution is -1.82. The van der Waals surface area contributed by atoms with Gasteiger partial charge in [-0.25, -0.2) is 9.97 Å².